The first-order valence-corrected chi connectivity index (χ1v) is 7.72. The van der Waals surface area contributed by atoms with Crippen LogP contribution in [0.1, 0.15) is 44.4 Å². The van der Waals surface area contributed by atoms with Gasteiger partial charge in [-0.15, -0.1) is 0 Å². The highest BCUT2D eigenvalue weighted by Gasteiger charge is 2.47. The summed E-state index contributed by atoms with van der Waals surface area (Å²) in [6.45, 7) is 4.26. The van der Waals surface area contributed by atoms with Crippen molar-refractivity contribution in [3.8, 4) is 0 Å². The van der Waals surface area contributed by atoms with Gasteiger partial charge in [0.2, 0.25) is 5.69 Å². The summed E-state index contributed by atoms with van der Waals surface area (Å²) in [7, 11) is 0. The third kappa shape index (κ3) is 4.11. The van der Waals surface area contributed by atoms with Gasteiger partial charge in [0.05, 0.1) is 5.92 Å². The Balaban J connectivity index is 2.24. The zero-order valence-corrected chi connectivity index (χ0v) is 14.0. The summed E-state index contributed by atoms with van der Waals surface area (Å²) < 4.78 is 34.3. The quantitative estimate of drug-likeness (QED) is 0.659. The Hall–Kier alpha value is -1.96. The maximum Gasteiger partial charge on any atom is 0.410 e. The molecule has 1 N–H and O–H groups in total. The predicted molar refractivity (Wildman–Crippen MR) is 81.4 cm³/mol. The van der Waals surface area contributed by atoms with E-state index < -0.39 is 36.6 Å². The molecule has 0 aliphatic carbocycles. The van der Waals surface area contributed by atoms with Gasteiger partial charge in [-0.05, 0) is 26.3 Å². The van der Waals surface area contributed by atoms with Gasteiger partial charge in [-0.3, -0.25) is 0 Å². The number of aliphatic hydroxyl groups excluding tert-OH is 1. The maximum absolute atomic E-state index is 14.3. The molecule has 1 unspecified atom stereocenters. The lowest BCUT2D eigenvalue weighted by Gasteiger charge is -2.39. The molecule has 0 saturated carbocycles. The van der Waals surface area contributed by atoms with Crippen LogP contribution in [0.2, 0.25) is 0 Å². The second kappa shape index (κ2) is 6.51. The van der Waals surface area contributed by atoms with Gasteiger partial charge < -0.3 is 20.0 Å². The third-order valence-corrected chi connectivity index (χ3v) is 3.86. The molecule has 1 amide bonds. The SMILES string of the molecule is CC(C)(C)OC(=O)N1CCC(F)(F)C(c2cc[n+]([O-])c(CO)c2)C1. The number of aromatic nitrogens is 1. The average Bonchev–Trinajstić information content (AvgIpc) is 2.46. The van der Waals surface area contributed by atoms with Gasteiger partial charge in [-0.2, -0.15) is 4.73 Å². The molecule has 1 saturated heterocycles. The second-order valence-corrected chi connectivity index (χ2v) is 6.93. The number of likely N-dealkylation sites (tertiary alicyclic amines) is 1. The Bertz CT molecular complexity index is 617. The molecule has 6 nitrogen and oxygen atoms in total. The van der Waals surface area contributed by atoms with Crippen molar-refractivity contribution in [1.29, 1.82) is 0 Å². The van der Waals surface area contributed by atoms with Crippen LogP contribution in [0.3, 0.4) is 0 Å². The van der Waals surface area contributed by atoms with E-state index >= 15 is 0 Å². The topological polar surface area (TPSA) is 76.7 Å². The van der Waals surface area contributed by atoms with Gasteiger partial charge in [-0.1, -0.05) is 0 Å². The number of alkyl halides is 2. The van der Waals surface area contributed by atoms with E-state index in [-0.39, 0.29) is 24.3 Å². The van der Waals surface area contributed by atoms with E-state index in [0.717, 1.165) is 6.20 Å². The number of halogens is 2. The lowest BCUT2D eigenvalue weighted by molar-refractivity contribution is -0.616. The van der Waals surface area contributed by atoms with E-state index in [1.165, 1.54) is 17.0 Å². The summed E-state index contributed by atoms with van der Waals surface area (Å²) in [4.78, 5) is 13.4. The third-order valence-electron chi connectivity index (χ3n) is 3.86. The number of piperidine rings is 1. The predicted octanol–water partition coefficient (Wildman–Crippen LogP) is 2.17. The normalized spacial score (nSPS) is 20.8. The summed E-state index contributed by atoms with van der Waals surface area (Å²) in [5.41, 5.74) is -0.514. The van der Waals surface area contributed by atoms with Crippen molar-refractivity contribution in [1.82, 2.24) is 4.90 Å². The minimum absolute atomic E-state index is 0.0160. The second-order valence-electron chi connectivity index (χ2n) is 6.93. The van der Waals surface area contributed by atoms with Gasteiger partial charge in [0.25, 0.3) is 5.92 Å². The Labute approximate surface area is 139 Å². The van der Waals surface area contributed by atoms with Crippen LogP contribution < -0.4 is 4.73 Å². The molecule has 24 heavy (non-hydrogen) atoms. The molecular formula is C16H22F2N2O4. The molecule has 1 fully saturated rings. The number of ether oxygens (including phenoxy) is 1. The summed E-state index contributed by atoms with van der Waals surface area (Å²) in [5, 5.41) is 20.6. The average molecular weight is 344 g/mol. The standard InChI is InChI=1S/C16H22F2N2O4/c1-15(2,3)24-14(22)19-7-5-16(17,18)13(9-19)11-4-6-20(23)12(8-11)10-21/h4,6,8,13,21H,5,7,9-10H2,1-3H3. The van der Waals surface area contributed by atoms with Crippen molar-refractivity contribution >= 4 is 6.09 Å². The molecule has 134 valence electrons. The van der Waals surface area contributed by atoms with Gasteiger partial charge in [0.1, 0.15) is 12.2 Å². The van der Waals surface area contributed by atoms with Crippen molar-refractivity contribution in [3.63, 3.8) is 0 Å². The molecule has 0 aromatic carbocycles. The molecular weight excluding hydrogens is 322 g/mol. The Morgan fingerprint density at radius 2 is 2.21 bits per heavy atom. The van der Waals surface area contributed by atoms with Gasteiger partial charge >= 0.3 is 6.09 Å². The highest BCUT2D eigenvalue weighted by molar-refractivity contribution is 5.68. The smallest absolute Gasteiger partial charge is 0.410 e. The summed E-state index contributed by atoms with van der Waals surface area (Å²) in [6.07, 6.45) is -0.0405. The number of carbonyl (C=O) groups is 1. The van der Waals surface area contributed by atoms with Gasteiger partial charge in [0.15, 0.2) is 6.20 Å². The zero-order chi connectivity index (χ0) is 18.1. The van der Waals surface area contributed by atoms with Crippen molar-refractivity contribution in [3.05, 3.63) is 34.8 Å². The number of hydrogen-bond acceptors (Lipinski definition) is 4. The number of nitrogens with zero attached hydrogens (tertiary/aromatic N) is 2. The first-order valence-electron chi connectivity index (χ1n) is 7.72. The number of rotatable bonds is 2. The number of carbonyl (C=O) groups excluding carboxylic acids is 1. The van der Waals surface area contributed by atoms with Gasteiger partial charge in [0, 0.05) is 31.6 Å². The first kappa shape index (κ1) is 18.4. The largest absolute Gasteiger partial charge is 0.618 e. The van der Waals surface area contributed by atoms with E-state index in [0.29, 0.717) is 4.73 Å². The number of aliphatic hydroxyl groups is 1. The van der Waals surface area contributed by atoms with E-state index in [4.69, 9.17) is 9.84 Å². The first-order chi connectivity index (χ1) is 11.0. The molecule has 0 bridgehead atoms. The van der Waals surface area contributed by atoms with Crippen molar-refractivity contribution in [2.75, 3.05) is 13.1 Å². The lowest BCUT2D eigenvalue weighted by atomic mass is 9.87. The molecule has 1 aliphatic heterocycles. The molecule has 0 spiro atoms. The monoisotopic (exact) mass is 344 g/mol. The van der Waals surface area contributed by atoms with Crippen molar-refractivity contribution in [2.24, 2.45) is 0 Å². The van der Waals surface area contributed by atoms with Crippen LogP contribution in [-0.2, 0) is 11.3 Å². The molecule has 2 rings (SSSR count). The summed E-state index contributed by atoms with van der Waals surface area (Å²) >= 11 is 0. The fourth-order valence-corrected chi connectivity index (χ4v) is 2.63. The molecule has 1 aliphatic rings. The summed E-state index contributed by atoms with van der Waals surface area (Å²) in [6, 6.07) is 2.55. The van der Waals surface area contributed by atoms with Crippen LogP contribution in [0.5, 0.6) is 0 Å². The highest BCUT2D eigenvalue weighted by Crippen LogP contribution is 2.40. The minimum Gasteiger partial charge on any atom is -0.618 e. The zero-order valence-electron chi connectivity index (χ0n) is 14.0. The molecule has 2 heterocycles. The Morgan fingerprint density at radius 1 is 1.54 bits per heavy atom. The van der Waals surface area contributed by atoms with Crippen LogP contribution in [0.15, 0.2) is 18.3 Å². The Morgan fingerprint density at radius 3 is 2.79 bits per heavy atom. The minimum atomic E-state index is -3.01. The molecule has 8 heteroatoms. The molecule has 1 aromatic heterocycles. The lowest BCUT2D eigenvalue weighted by Crippen LogP contribution is -2.49. The highest BCUT2D eigenvalue weighted by atomic mass is 19.3. The molecule has 1 aromatic rings. The van der Waals surface area contributed by atoms with Crippen LogP contribution in [0.4, 0.5) is 13.6 Å². The van der Waals surface area contributed by atoms with Crippen LogP contribution >= 0.6 is 0 Å². The number of hydrogen-bond donors (Lipinski definition) is 1. The number of amides is 1. The van der Waals surface area contributed by atoms with E-state index in [2.05, 4.69) is 0 Å². The van der Waals surface area contributed by atoms with Crippen molar-refractivity contribution in [2.45, 2.75) is 51.2 Å². The van der Waals surface area contributed by atoms with Crippen LogP contribution in [-0.4, -0.2) is 40.7 Å². The van der Waals surface area contributed by atoms with E-state index in [1.54, 1.807) is 20.8 Å². The fourth-order valence-electron chi connectivity index (χ4n) is 2.63. The van der Waals surface area contributed by atoms with E-state index in [9.17, 15) is 18.8 Å². The Kier molecular flexibility index (Phi) is 4.98. The maximum atomic E-state index is 14.3. The van der Waals surface area contributed by atoms with Crippen LogP contribution in [0.25, 0.3) is 0 Å². The number of pyridine rings is 1. The van der Waals surface area contributed by atoms with Gasteiger partial charge in [-0.25, -0.2) is 13.6 Å². The van der Waals surface area contributed by atoms with E-state index in [1.807, 2.05) is 0 Å². The molecule has 0 radical (unpaired) electrons. The fraction of sp³-hybridized carbons (Fsp3) is 0.625. The van der Waals surface area contributed by atoms with Crippen molar-refractivity contribution < 1.29 is 28.1 Å². The van der Waals surface area contributed by atoms with Crippen LogP contribution in [0, 0.1) is 5.21 Å². The molecule has 1 atom stereocenters. The summed E-state index contributed by atoms with van der Waals surface area (Å²) in [5.74, 6) is -4.27.